The molecule has 1 amide bonds. The Morgan fingerprint density at radius 1 is 1.04 bits per heavy atom. The van der Waals surface area contributed by atoms with Crippen LogP contribution in [0.4, 0.5) is 4.39 Å². The third kappa shape index (κ3) is 4.47. The highest BCUT2D eigenvalue weighted by molar-refractivity contribution is 6.31. The lowest BCUT2D eigenvalue weighted by atomic mass is 9.86. The predicted molar refractivity (Wildman–Crippen MR) is 94.0 cm³/mol. The van der Waals surface area contributed by atoms with Crippen LogP contribution in [0, 0.1) is 5.82 Å². The fourth-order valence-electron chi connectivity index (χ4n) is 2.72. The van der Waals surface area contributed by atoms with Gasteiger partial charge in [0.05, 0.1) is 0 Å². The number of amides is 1. The molecule has 126 valence electrons. The van der Waals surface area contributed by atoms with E-state index < -0.39 is 5.82 Å². The number of nitrogens with one attached hydrogen (secondary N) is 2. The summed E-state index contributed by atoms with van der Waals surface area (Å²) in [5.74, 6) is -0.804. The van der Waals surface area contributed by atoms with Crippen LogP contribution in [0.1, 0.15) is 28.8 Å². The van der Waals surface area contributed by atoms with E-state index in [1.54, 1.807) is 0 Å². The number of benzene rings is 2. The fraction of sp³-hybridized carbons (Fsp3) is 0.278. The first-order valence-electron chi connectivity index (χ1n) is 7.74. The minimum Gasteiger partial charge on any atom is -0.349 e. The Kier molecular flexibility index (Phi) is 5.39. The third-order valence-electron chi connectivity index (χ3n) is 4.11. The van der Waals surface area contributed by atoms with Crippen molar-refractivity contribution >= 4 is 29.1 Å². The van der Waals surface area contributed by atoms with Gasteiger partial charge in [0.1, 0.15) is 5.82 Å². The average Bonchev–Trinajstić information content (AvgIpc) is 2.50. The van der Waals surface area contributed by atoms with E-state index in [1.807, 2.05) is 24.3 Å². The number of hydrogen-bond donors (Lipinski definition) is 2. The zero-order chi connectivity index (χ0) is 17.1. The molecule has 3 rings (SSSR count). The first-order chi connectivity index (χ1) is 11.5. The van der Waals surface area contributed by atoms with Gasteiger partial charge in [-0.15, -0.1) is 0 Å². The molecule has 0 spiro atoms. The SMILES string of the molecule is O=C(N[C@H]1C[C@H](NCc2ccc(Cl)cc2)C1)c1cc(F)cc(Cl)c1. The summed E-state index contributed by atoms with van der Waals surface area (Å²) in [5, 5.41) is 7.29. The Morgan fingerprint density at radius 2 is 1.75 bits per heavy atom. The van der Waals surface area contributed by atoms with Crippen LogP contribution in [0.5, 0.6) is 0 Å². The van der Waals surface area contributed by atoms with Crippen molar-refractivity contribution in [1.82, 2.24) is 10.6 Å². The third-order valence-corrected chi connectivity index (χ3v) is 4.58. The molecule has 0 saturated heterocycles. The van der Waals surface area contributed by atoms with Gasteiger partial charge in [-0.2, -0.15) is 0 Å². The Bertz CT molecular complexity index is 710. The first kappa shape index (κ1) is 17.2. The van der Waals surface area contributed by atoms with E-state index in [0.29, 0.717) is 6.04 Å². The maximum atomic E-state index is 13.3. The van der Waals surface area contributed by atoms with Crippen LogP contribution in [-0.4, -0.2) is 18.0 Å². The monoisotopic (exact) mass is 366 g/mol. The van der Waals surface area contributed by atoms with Crippen molar-refractivity contribution in [2.45, 2.75) is 31.5 Å². The molecule has 24 heavy (non-hydrogen) atoms. The predicted octanol–water partition coefficient (Wildman–Crippen LogP) is 4.18. The van der Waals surface area contributed by atoms with Gasteiger partial charge in [-0.25, -0.2) is 4.39 Å². The molecule has 0 aromatic heterocycles. The Hall–Kier alpha value is -1.62. The van der Waals surface area contributed by atoms with Gasteiger partial charge >= 0.3 is 0 Å². The number of carbonyl (C=O) groups excluding carboxylic acids is 1. The van der Waals surface area contributed by atoms with E-state index in [9.17, 15) is 9.18 Å². The summed E-state index contributed by atoms with van der Waals surface area (Å²) in [5.41, 5.74) is 1.42. The van der Waals surface area contributed by atoms with Crippen LogP contribution >= 0.6 is 23.2 Å². The van der Waals surface area contributed by atoms with Gasteiger partial charge in [0.15, 0.2) is 0 Å². The summed E-state index contributed by atoms with van der Waals surface area (Å²) in [4.78, 5) is 12.1. The second kappa shape index (κ2) is 7.51. The largest absolute Gasteiger partial charge is 0.349 e. The molecule has 1 fully saturated rings. The number of halogens is 3. The molecule has 3 nitrogen and oxygen atoms in total. The van der Waals surface area contributed by atoms with Crippen molar-refractivity contribution in [1.29, 1.82) is 0 Å². The fourth-order valence-corrected chi connectivity index (χ4v) is 3.07. The van der Waals surface area contributed by atoms with Gasteiger partial charge in [-0.3, -0.25) is 4.79 Å². The van der Waals surface area contributed by atoms with Gasteiger partial charge in [0, 0.05) is 34.2 Å². The number of rotatable bonds is 5. The first-order valence-corrected chi connectivity index (χ1v) is 8.50. The molecule has 2 aromatic rings. The van der Waals surface area contributed by atoms with E-state index in [0.717, 1.165) is 24.4 Å². The molecule has 0 radical (unpaired) electrons. The quantitative estimate of drug-likeness (QED) is 0.832. The molecule has 0 bridgehead atoms. The lowest BCUT2D eigenvalue weighted by Crippen LogP contribution is -2.52. The Balaban J connectivity index is 1.43. The van der Waals surface area contributed by atoms with Crippen molar-refractivity contribution in [2.24, 2.45) is 0 Å². The lowest BCUT2D eigenvalue weighted by Gasteiger charge is -2.36. The van der Waals surface area contributed by atoms with E-state index in [4.69, 9.17) is 23.2 Å². The minimum absolute atomic E-state index is 0.0993. The molecular weight excluding hydrogens is 350 g/mol. The molecule has 0 unspecified atom stereocenters. The molecule has 0 atom stereocenters. The summed E-state index contributed by atoms with van der Waals surface area (Å²) in [6.45, 7) is 0.766. The van der Waals surface area contributed by atoms with Crippen molar-refractivity contribution in [3.05, 3.63) is 69.5 Å². The van der Waals surface area contributed by atoms with Gasteiger partial charge in [-0.1, -0.05) is 35.3 Å². The molecule has 1 saturated carbocycles. The van der Waals surface area contributed by atoms with Gasteiger partial charge in [0.25, 0.3) is 5.91 Å². The maximum Gasteiger partial charge on any atom is 0.251 e. The summed E-state index contributed by atoms with van der Waals surface area (Å²) in [7, 11) is 0. The van der Waals surface area contributed by atoms with Crippen molar-refractivity contribution in [2.75, 3.05) is 0 Å². The summed E-state index contributed by atoms with van der Waals surface area (Å²) >= 11 is 11.6. The molecule has 2 N–H and O–H groups in total. The highest BCUT2D eigenvalue weighted by Gasteiger charge is 2.30. The standard InChI is InChI=1S/C18H17Cl2FN2O/c19-13-3-1-11(2-4-13)10-22-16-8-17(9-16)23-18(24)12-5-14(20)7-15(21)6-12/h1-7,16-17,22H,8-10H2,(H,23,24)/t16-,17-. The van der Waals surface area contributed by atoms with Crippen LogP contribution in [0.3, 0.4) is 0 Å². The smallest absolute Gasteiger partial charge is 0.251 e. The number of carbonyl (C=O) groups is 1. The molecule has 1 aliphatic rings. The topological polar surface area (TPSA) is 41.1 Å². The Morgan fingerprint density at radius 3 is 2.42 bits per heavy atom. The molecule has 6 heteroatoms. The zero-order valence-corrected chi connectivity index (χ0v) is 14.4. The van der Waals surface area contributed by atoms with Gasteiger partial charge in [0.2, 0.25) is 0 Å². The summed E-state index contributed by atoms with van der Waals surface area (Å²) < 4.78 is 13.3. The molecule has 0 aliphatic heterocycles. The second-order valence-electron chi connectivity index (χ2n) is 6.00. The maximum absolute atomic E-state index is 13.3. The van der Waals surface area contributed by atoms with Crippen LogP contribution < -0.4 is 10.6 Å². The normalized spacial score (nSPS) is 19.6. The van der Waals surface area contributed by atoms with Crippen molar-refractivity contribution in [3.8, 4) is 0 Å². The summed E-state index contributed by atoms with van der Waals surface area (Å²) in [6.07, 6.45) is 1.70. The molecule has 2 aromatic carbocycles. The summed E-state index contributed by atoms with van der Waals surface area (Å²) in [6, 6.07) is 12.0. The zero-order valence-electron chi connectivity index (χ0n) is 12.9. The highest BCUT2D eigenvalue weighted by Crippen LogP contribution is 2.22. The second-order valence-corrected chi connectivity index (χ2v) is 6.88. The average molecular weight is 367 g/mol. The molecule has 1 aliphatic carbocycles. The van der Waals surface area contributed by atoms with Gasteiger partial charge in [-0.05, 0) is 48.7 Å². The van der Waals surface area contributed by atoms with Gasteiger partial charge < -0.3 is 10.6 Å². The van der Waals surface area contributed by atoms with Crippen molar-refractivity contribution < 1.29 is 9.18 Å². The minimum atomic E-state index is -0.510. The van der Waals surface area contributed by atoms with Crippen LogP contribution in [-0.2, 0) is 6.54 Å². The van der Waals surface area contributed by atoms with Crippen molar-refractivity contribution in [3.63, 3.8) is 0 Å². The lowest BCUT2D eigenvalue weighted by molar-refractivity contribution is 0.0901. The van der Waals surface area contributed by atoms with E-state index in [-0.39, 0.29) is 22.5 Å². The van der Waals surface area contributed by atoms with Crippen LogP contribution in [0.25, 0.3) is 0 Å². The Labute approximate surface area is 150 Å². The molecule has 0 heterocycles. The van der Waals surface area contributed by atoms with E-state index in [1.165, 1.54) is 23.8 Å². The van der Waals surface area contributed by atoms with E-state index in [2.05, 4.69) is 10.6 Å². The van der Waals surface area contributed by atoms with Crippen LogP contribution in [0.2, 0.25) is 10.0 Å². The van der Waals surface area contributed by atoms with E-state index >= 15 is 0 Å². The highest BCUT2D eigenvalue weighted by atomic mass is 35.5. The molecular formula is C18H17Cl2FN2O. The van der Waals surface area contributed by atoms with Crippen LogP contribution in [0.15, 0.2) is 42.5 Å². The number of hydrogen-bond acceptors (Lipinski definition) is 2.